The first kappa shape index (κ1) is 16.4. The van der Waals surface area contributed by atoms with Crippen LogP contribution in [0.3, 0.4) is 0 Å². The monoisotopic (exact) mass is 282 g/mol. The summed E-state index contributed by atoms with van der Waals surface area (Å²) in [4.78, 5) is 14.0. The third-order valence-electron chi connectivity index (χ3n) is 3.39. The maximum atomic E-state index is 11.9. The van der Waals surface area contributed by atoms with E-state index in [2.05, 4.69) is 39.6 Å². The van der Waals surface area contributed by atoms with Gasteiger partial charge in [0.25, 0.3) is 0 Å². The number of aromatic nitrogens is 3. The van der Waals surface area contributed by atoms with Gasteiger partial charge in [0.2, 0.25) is 0 Å². The summed E-state index contributed by atoms with van der Waals surface area (Å²) in [6.07, 6.45) is 1.62. The van der Waals surface area contributed by atoms with Crippen molar-refractivity contribution in [2.45, 2.75) is 32.9 Å². The number of nitrogens with zero attached hydrogens (tertiary/aromatic N) is 4. The average Bonchev–Trinajstić information content (AvgIpc) is 2.74. The Morgan fingerprint density at radius 3 is 2.50 bits per heavy atom. The Bertz CT molecular complexity index is 420. The molecule has 1 heterocycles. The quantitative estimate of drug-likeness (QED) is 0.808. The zero-order valence-electron chi connectivity index (χ0n) is 13.2. The summed E-state index contributed by atoms with van der Waals surface area (Å²) in [5.74, 6) is 1.20. The molecule has 0 aliphatic heterocycles. The zero-order chi connectivity index (χ0) is 15.3. The number of urea groups is 1. The molecule has 1 aromatic heterocycles. The summed E-state index contributed by atoms with van der Waals surface area (Å²) < 4.78 is 1.79. The highest BCUT2D eigenvalue weighted by molar-refractivity contribution is 5.74. The molecular formula is C13H26N6O. The van der Waals surface area contributed by atoms with Crippen molar-refractivity contribution in [2.24, 2.45) is 13.0 Å². The largest absolute Gasteiger partial charge is 0.337 e. The van der Waals surface area contributed by atoms with Crippen molar-refractivity contribution in [1.29, 1.82) is 0 Å². The molecule has 2 unspecified atom stereocenters. The van der Waals surface area contributed by atoms with Gasteiger partial charge < -0.3 is 20.1 Å². The van der Waals surface area contributed by atoms with E-state index in [1.165, 1.54) is 0 Å². The number of nitrogens with one attached hydrogen (secondary N) is 2. The van der Waals surface area contributed by atoms with Crippen LogP contribution in [-0.2, 0) is 7.05 Å². The van der Waals surface area contributed by atoms with Gasteiger partial charge in [-0.25, -0.2) is 4.79 Å². The van der Waals surface area contributed by atoms with Crippen molar-refractivity contribution in [3.05, 3.63) is 12.2 Å². The van der Waals surface area contributed by atoms with Crippen molar-refractivity contribution in [3.63, 3.8) is 0 Å². The highest BCUT2D eigenvalue weighted by Crippen LogP contribution is 2.08. The summed E-state index contributed by atoms with van der Waals surface area (Å²) in [6, 6.07) is -0.0572. The van der Waals surface area contributed by atoms with Gasteiger partial charge in [0.1, 0.15) is 6.33 Å². The van der Waals surface area contributed by atoms with E-state index in [1.54, 1.807) is 10.9 Å². The second-order valence-corrected chi connectivity index (χ2v) is 5.65. The van der Waals surface area contributed by atoms with Gasteiger partial charge in [-0.1, -0.05) is 13.8 Å². The molecule has 0 spiro atoms. The predicted molar refractivity (Wildman–Crippen MR) is 78.3 cm³/mol. The topological polar surface area (TPSA) is 75.1 Å². The van der Waals surface area contributed by atoms with Crippen LogP contribution in [0.1, 0.15) is 32.6 Å². The second-order valence-electron chi connectivity index (χ2n) is 5.65. The first-order valence-electron chi connectivity index (χ1n) is 6.87. The summed E-state index contributed by atoms with van der Waals surface area (Å²) >= 11 is 0. The molecule has 2 N–H and O–H groups in total. The third kappa shape index (κ3) is 4.48. The molecule has 2 amide bonds. The highest BCUT2D eigenvalue weighted by atomic mass is 16.2. The molecule has 1 rings (SSSR count). The Hall–Kier alpha value is -1.63. The third-order valence-corrected chi connectivity index (χ3v) is 3.39. The zero-order valence-corrected chi connectivity index (χ0v) is 13.2. The summed E-state index contributed by atoms with van der Waals surface area (Å²) in [5, 5.41) is 13.6. The average molecular weight is 282 g/mol. The van der Waals surface area contributed by atoms with Crippen LogP contribution >= 0.6 is 0 Å². The van der Waals surface area contributed by atoms with Gasteiger partial charge in [-0.05, 0) is 26.9 Å². The minimum atomic E-state index is -0.187. The van der Waals surface area contributed by atoms with Gasteiger partial charge in [0, 0.05) is 19.6 Å². The number of carbonyl (C=O) groups excluding carboxylic acids is 1. The predicted octanol–water partition coefficient (Wildman–Crippen LogP) is 0.761. The van der Waals surface area contributed by atoms with Gasteiger partial charge in [0.15, 0.2) is 5.82 Å². The molecule has 114 valence electrons. The van der Waals surface area contributed by atoms with Gasteiger partial charge >= 0.3 is 6.03 Å². The Kier molecular flexibility index (Phi) is 5.94. The van der Waals surface area contributed by atoms with E-state index in [0.717, 1.165) is 5.82 Å². The van der Waals surface area contributed by atoms with Crippen LogP contribution in [0.15, 0.2) is 6.33 Å². The van der Waals surface area contributed by atoms with Crippen LogP contribution in [0.5, 0.6) is 0 Å². The van der Waals surface area contributed by atoms with Crippen molar-refractivity contribution < 1.29 is 4.79 Å². The number of hydrogen-bond donors (Lipinski definition) is 2. The lowest BCUT2D eigenvalue weighted by Gasteiger charge is -2.28. The molecule has 0 radical (unpaired) electrons. The lowest BCUT2D eigenvalue weighted by Crippen LogP contribution is -2.46. The van der Waals surface area contributed by atoms with E-state index in [9.17, 15) is 4.79 Å². The maximum Gasteiger partial charge on any atom is 0.315 e. The van der Waals surface area contributed by atoms with E-state index >= 15 is 0 Å². The molecule has 0 bridgehead atoms. The van der Waals surface area contributed by atoms with Crippen LogP contribution in [0.2, 0.25) is 0 Å². The van der Waals surface area contributed by atoms with Crippen LogP contribution < -0.4 is 10.6 Å². The van der Waals surface area contributed by atoms with E-state index in [1.807, 2.05) is 28.1 Å². The lowest BCUT2D eigenvalue weighted by molar-refractivity contribution is 0.211. The molecule has 1 aromatic rings. The van der Waals surface area contributed by atoms with Crippen molar-refractivity contribution in [1.82, 2.24) is 30.3 Å². The standard InChI is InChI=1S/C13H26N6O/c1-9(2)11(18(4)5)7-14-13(20)16-10(3)12-17-15-8-19(12)6/h8-11H,7H2,1-6H3,(H2,14,16,20). The fourth-order valence-electron chi connectivity index (χ4n) is 2.21. The van der Waals surface area contributed by atoms with Crippen LogP contribution in [0.25, 0.3) is 0 Å². The van der Waals surface area contributed by atoms with E-state index in [0.29, 0.717) is 18.5 Å². The molecule has 20 heavy (non-hydrogen) atoms. The number of rotatable bonds is 6. The number of aryl methyl sites for hydroxylation is 1. The van der Waals surface area contributed by atoms with Crippen molar-refractivity contribution in [3.8, 4) is 0 Å². The number of likely N-dealkylation sites (N-methyl/N-ethyl adjacent to an activating group) is 1. The SMILES string of the molecule is CC(NC(=O)NCC(C(C)C)N(C)C)c1nncn1C. The molecule has 0 saturated heterocycles. The van der Waals surface area contributed by atoms with Gasteiger partial charge in [-0.15, -0.1) is 10.2 Å². The molecule has 7 nitrogen and oxygen atoms in total. The smallest absolute Gasteiger partial charge is 0.315 e. The molecule has 7 heteroatoms. The molecule has 2 atom stereocenters. The molecule has 0 saturated carbocycles. The number of hydrogen-bond acceptors (Lipinski definition) is 4. The van der Waals surface area contributed by atoms with Gasteiger partial charge in [-0.3, -0.25) is 0 Å². The van der Waals surface area contributed by atoms with Crippen LogP contribution in [0, 0.1) is 5.92 Å². The first-order chi connectivity index (χ1) is 9.32. The Morgan fingerprint density at radius 1 is 1.40 bits per heavy atom. The van der Waals surface area contributed by atoms with Crippen LogP contribution in [-0.4, -0.2) is 52.4 Å². The van der Waals surface area contributed by atoms with Crippen molar-refractivity contribution >= 4 is 6.03 Å². The molecular weight excluding hydrogens is 256 g/mol. The molecule has 0 aliphatic rings. The van der Waals surface area contributed by atoms with Crippen molar-refractivity contribution in [2.75, 3.05) is 20.6 Å². The summed E-state index contributed by atoms with van der Waals surface area (Å²) in [5.41, 5.74) is 0. The summed E-state index contributed by atoms with van der Waals surface area (Å²) in [7, 11) is 5.89. The number of amides is 2. The van der Waals surface area contributed by atoms with Crippen LogP contribution in [0.4, 0.5) is 4.79 Å². The minimum absolute atomic E-state index is 0.181. The first-order valence-corrected chi connectivity index (χ1v) is 6.87. The molecule has 0 aliphatic carbocycles. The maximum absolute atomic E-state index is 11.9. The van der Waals surface area contributed by atoms with E-state index < -0.39 is 0 Å². The minimum Gasteiger partial charge on any atom is -0.337 e. The fraction of sp³-hybridized carbons (Fsp3) is 0.769. The normalized spacial score (nSPS) is 14.4. The van der Waals surface area contributed by atoms with Gasteiger partial charge in [0.05, 0.1) is 6.04 Å². The Labute approximate surface area is 120 Å². The van der Waals surface area contributed by atoms with E-state index in [4.69, 9.17) is 0 Å². The van der Waals surface area contributed by atoms with E-state index in [-0.39, 0.29) is 12.1 Å². The lowest BCUT2D eigenvalue weighted by atomic mass is 10.0. The Morgan fingerprint density at radius 2 is 2.05 bits per heavy atom. The molecule has 0 aromatic carbocycles. The second kappa shape index (κ2) is 7.23. The van der Waals surface area contributed by atoms with Gasteiger partial charge in [-0.2, -0.15) is 0 Å². The summed E-state index contributed by atoms with van der Waals surface area (Å²) in [6.45, 7) is 6.79. The Balaban J connectivity index is 2.46. The highest BCUT2D eigenvalue weighted by Gasteiger charge is 2.18. The fourth-order valence-corrected chi connectivity index (χ4v) is 2.21. The molecule has 0 fully saturated rings. The number of carbonyl (C=O) groups is 1.